The second kappa shape index (κ2) is 8.77. The number of nitriles is 1. The van der Waals surface area contributed by atoms with Crippen LogP contribution in [0.4, 0.5) is 0 Å². The van der Waals surface area contributed by atoms with E-state index in [-0.39, 0.29) is 24.5 Å². The van der Waals surface area contributed by atoms with E-state index in [1.165, 1.54) is 11.9 Å². The molecule has 1 aromatic carbocycles. The summed E-state index contributed by atoms with van der Waals surface area (Å²) in [5.41, 5.74) is 7.80. The number of hydrogen-bond acceptors (Lipinski definition) is 6. The number of hydrogen-bond donors (Lipinski definition) is 3. The summed E-state index contributed by atoms with van der Waals surface area (Å²) in [5.74, 6) is -0.898. The molecule has 2 aliphatic rings. The maximum absolute atomic E-state index is 12.8. The van der Waals surface area contributed by atoms with Crippen LogP contribution in [0.5, 0.6) is 0 Å². The number of nitrogens with two attached hydrogens (primary N) is 1. The van der Waals surface area contributed by atoms with Gasteiger partial charge in [-0.1, -0.05) is 12.1 Å². The van der Waals surface area contributed by atoms with Crippen LogP contribution in [0, 0.1) is 11.3 Å². The summed E-state index contributed by atoms with van der Waals surface area (Å²) in [4.78, 5) is 30.9. The second-order valence-corrected chi connectivity index (χ2v) is 8.73. The Kier molecular flexibility index (Phi) is 6.34. The van der Waals surface area contributed by atoms with Crippen LogP contribution in [0.2, 0.25) is 0 Å². The van der Waals surface area contributed by atoms with Crippen LogP contribution < -0.4 is 11.1 Å². The summed E-state index contributed by atoms with van der Waals surface area (Å²) >= 11 is -2.00. The molecular formula is C20H23N5O4S. The summed E-state index contributed by atoms with van der Waals surface area (Å²) in [6, 6.07) is 8.82. The van der Waals surface area contributed by atoms with Gasteiger partial charge in [-0.15, -0.1) is 0 Å². The van der Waals surface area contributed by atoms with Crippen molar-refractivity contribution in [3.8, 4) is 6.07 Å². The Morgan fingerprint density at radius 3 is 2.60 bits per heavy atom. The van der Waals surface area contributed by atoms with Gasteiger partial charge in [0.15, 0.2) is 11.1 Å². The molecule has 2 amide bonds. The number of piperidine rings is 1. The van der Waals surface area contributed by atoms with E-state index in [0.29, 0.717) is 36.9 Å². The summed E-state index contributed by atoms with van der Waals surface area (Å²) in [6.07, 6.45) is 1.53. The highest BCUT2D eigenvalue weighted by atomic mass is 32.2. The molecule has 0 radical (unpaired) electrons. The zero-order valence-electron chi connectivity index (χ0n) is 16.6. The van der Waals surface area contributed by atoms with Gasteiger partial charge in [0.1, 0.15) is 11.4 Å². The first-order valence-electron chi connectivity index (χ1n) is 9.44. The first-order valence-corrected chi connectivity index (χ1v) is 10.6. The van der Waals surface area contributed by atoms with Crippen LogP contribution in [0.1, 0.15) is 30.4 Å². The molecule has 1 heterocycles. The van der Waals surface area contributed by atoms with E-state index in [4.69, 9.17) is 11.0 Å². The molecule has 0 bridgehead atoms. The van der Waals surface area contributed by atoms with Gasteiger partial charge in [0.25, 0.3) is 11.8 Å². The minimum atomic E-state index is -2.00. The maximum atomic E-state index is 12.8. The summed E-state index contributed by atoms with van der Waals surface area (Å²) < 4.78 is 20.3. The number of carbonyl (C=O) groups excluding carboxylic acids is 2. The molecule has 1 aromatic rings. The SMILES string of the molecule is CN=C1C(=O)N(CC2(S(=O)O)CC2)CC/C1=C(/N)C(=O)NCc1ccc(C#N)cc1. The molecule has 158 valence electrons. The molecule has 1 aliphatic heterocycles. The predicted octanol–water partition coefficient (Wildman–Crippen LogP) is 0.445. The van der Waals surface area contributed by atoms with Crippen molar-refractivity contribution in [2.75, 3.05) is 20.1 Å². The lowest BCUT2D eigenvalue weighted by molar-refractivity contribution is -0.124. The first-order chi connectivity index (χ1) is 14.3. The van der Waals surface area contributed by atoms with Crippen molar-refractivity contribution in [3.63, 3.8) is 0 Å². The fourth-order valence-corrected chi connectivity index (χ4v) is 4.09. The molecule has 0 aromatic heterocycles. The van der Waals surface area contributed by atoms with Crippen LogP contribution in [0.3, 0.4) is 0 Å². The number of likely N-dealkylation sites (tertiary alicyclic amines) is 1. The summed E-state index contributed by atoms with van der Waals surface area (Å²) in [6.45, 7) is 0.712. The number of benzene rings is 1. The highest BCUT2D eigenvalue weighted by Crippen LogP contribution is 2.42. The van der Waals surface area contributed by atoms with Crippen LogP contribution in [-0.4, -0.2) is 56.1 Å². The van der Waals surface area contributed by atoms with Crippen molar-refractivity contribution < 1.29 is 18.4 Å². The van der Waals surface area contributed by atoms with Gasteiger partial charge >= 0.3 is 0 Å². The molecule has 3 rings (SSSR count). The number of nitrogens with zero attached hydrogens (tertiary/aromatic N) is 3. The van der Waals surface area contributed by atoms with Gasteiger partial charge in [-0.2, -0.15) is 5.26 Å². The number of amides is 2. The minimum Gasteiger partial charge on any atom is -0.394 e. The minimum absolute atomic E-state index is 0.0656. The van der Waals surface area contributed by atoms with Crippen LogP contribution in [0.15, 0.2) is 40.5 Å². The van der Waals surface area contributed by atoms with Gasteiger partial charge in [-0.25, -0.2) is 4.21 Å². The largest absolute Gasteiger partial charge is 0.394 e. The smallest absolute Gasteiger partial charge is 0.272 e. The van der Waals surface area contributed by atoms with Crippen molar-refractivity contribution in [3.05, 3.63) is 46.7 Å². The third-order valence-corrected chi connectivity index (χ3v) is 6.67. The molecule has 0 spiro atoms. The third-order valence-electron chi connectivity index (χ3n) is 5.39. The molecule has 30 heavy (non-hydrogen) atoms. The molecule has 10 heteroatoms. The highest BCUT2D eigenvalue weighted by Gasteiger charge is 2.51. The topological polar surface area (TPSA) is 149 Å². The van der Waals surface area contributed by atoms with E-state index >= 15 is 0 Å². The van der Waals surface area contributed by atoms with Crippen molar-refractivity contribution in [1.29, 1.82) is 5.26 Å². The highest BCUT2D eigenvalue weighted by molar-refractivity contribution is 7.81. The lowest BCUT2D eigenvalue weighted by Crippen LogP contribution is -2.48. The Labute approximate surface area is 176 Å². The second-order valence-electron chi connectivity index (χ2n) is 7.36. The predicted molar refractivity (Wildman–Crippen MR) is 112 cm³/mol. The first kappa shape index (κ1) is 21.7. The average Bonchev–Trinajstić information content (AvgIpc) is 3.54. The number of nitrogens with one attached hydrogen (secondary N) is 1. The molecule has 1 saturated heterocycles. The van der Waals surface area contributed by atoms with E-state index in [1.54, 1.807) is 24.3 Å². The Balaban J connectivity index is 1.68. The molecule has 9 nitrogen and oxygen atoms in total. The lowest BCUT2D eigenvalue weighted by atomic mass is 9.97. The monoisotopic (exact) mass is 429 g/mol. The molecule has 2 fully saturated rings. The van der Waals surface area contributed by atoms with Crippen molar-refractivity contribution >= 4 is 28.6 Å². The molecular weight excluding hydrogens is 406 g/mol. The van der Waals surface area contributed by atoms with Gasteiger partial charge in [-0.05, 0) is 37.0 Å². The average molecular weight is 430 g/mol. The van der Waals surface area contributed by atoms with Crippen molar-refractivity contribution in [1.82, 2.24) is 10.2 Å². The van der Waals surface area contributed by atoms with E-state index in [9.17, 15) is 18.4 Å². The normalized spacial score (nSPS) is 21.7. The Bertz CT molecular complexity index is 989. The standard InChI is InChI=1S/C20H23N5O4S/c1-23-17-15(6-9-25(19(17)27)12-20(7-8-20)30(28)29)16(22)18(26)24-11-14-4-2-13(10-21)3-5-14/h2-5H,6-9,11-12,22H2,1H3,(H,24,26)(H,28,29)/b16-15-,23-17?. The Hall–Kier alpha value is -3.03. The van der Waals surface area contributed by atoms with E-state index in [2.05, 4.69) is 10.3 Å². The Morgan fingerprint density at radius 1 is 1.40 bits per heavy atom. The maximum Gasteiger partial charge on any atom is 0.272 e. The van der Waals surface area contributed by atoms with E-state index < -0.39 is 27.6 Å². The van der Waals surface area contributed by atoms with Crippen molar-refractivity contribution in [2.24, 2.45) is 10.7 Å². The van der Waals surface area contributed by atoms with Gasteiger partial charge in [0.05, 0.1) is 16.4 Å². The van der Waals surface area contributed by atoms with Gasteiger partial charge in [-0.3, -0.25) is 14.6 Å². The molecule has 1 atom stereocenters. The van der Waals surface area contributed by atoms with Gasteiger partial charge < -0.3 is 20.5 Å². The van der Waals surface area contributed by atoms with Crippen LogP contribution in [-0.2, 0) is 27.2 Å². The summed E-state index contributed by atoms with van der Waals surface area (Å²) in [5, 5.41) is 11.5. The molecule has 1 unspecified atom stereocenters. The number of aliphatic imine (C=N–C) groups is 1. The van der Waals surface area contributed by atoms with Crippen LogP contribution >= 0.6 is 0 Å². The molecule has 1 saturated carbocycles. The third kappa shape index (κ3) is 4.42. The fourth-order valence-electron chi connectivity index (χ4n) is 3.38. The number of rotatable bonds is 6. The van der Waals surface area contributed by atoms with E-state index in [0.717, 1.165) is 5.56 Å². The molecule has 4 N–H and O–H groups in total. The number of carbonyl (C=O) groups is 2. The Morgan fingerprint density at radius 2 is 2.07 bits per heavy atom. The molecule has 1 aliphatic carbocycles. The van der Waals surface area contributed by atoms with Gasteiger partial charge in [0, 0.05) is 32.3 Å². The quantitative estimate of drug-likeness (QED) is 0.441. The summed E-state index contributed by atoms with van der Waals surface area (Å²) in [7, 11) is 1.45. The fraction of sp³-hybridized carbons (Fsp3) is 0.400. The lowest BCUT2D eigenvalue weighted by Gasteiger charge is -2.32. The van der Waals surface area contributed by atoms with Crippen molar-refractivity contribution in [2.45, 2.75) is 30.6 Å². The van der Waals surface area contributed by atoms with Gasteiger partial charge in [0.2, 0.25) is 0 Å². The van der Waals surface area contributed by atoms with E-state index in [1.807, 2.05) is 6.07 Å². The zero-order chi connectivity index (χ0) is 21.9. The zero-order valence-corrected chi connectivity index (χ0v) is 17.4. The van der Waals surface area contributed by atoms with Crippen LogP contribution in [0.25, 0.3) is 0 Å².